The largest absolute Gasteiger partial charge is 0.381 e. The summed E-state index contributed by atoms with van der Waals surface area (Å²) >= 11 is 0. The molecule has 1 aliphatic heterocycles. The molecule has 1 heterocycles. The molecule has 0 radical (unpaired) electrons. The number of carbonyl (C=O) groups excluding carboxylic acids is 1. The van der Waals surface area contributed by atoms with Crippen molar-refractivity contribution in [3.8, 4) is 0 Å². The van der Waals surface area contributed by atoms with Crippen molar-refractivity contribution in [3.63, 3.8) is 0 Å². The van der Waals surface area contributed by atoms with E-state index in [0.717, 1.165) is 13.0 Å². The highest BCUT2D eigenvalue weighted by Crippen LogP contribution is 2.23. The highest BCUT2D eigenvalue weighted by Gasteiger charge is 2.15. The maximum Gasteiger partial charge on any atom is 0.319 e. The fourth-order valence-electron chi connectivity index (χ4n) is 2.52. The van der Waals surface area contributed by atoms with Crippen LogP contribution < -0.4 is 15.5 Å². The molecule has 7 heteroatoms. The highest BCUT2D eigenvalue weighted by molar-refractivity contribution is 5.89. The Morgan fingerprint density at radius 1 is 1.36 bits per heavy atom. The number of urea groups is 1. The molecule has 0 aliphatic carbocycles. The van der Waals surface area contributed by atoms with E-state index >= 15 is 0 Å². The molecule has 2 rings (SSSR count). The summed E-state index contributed by atoms with van der Waals surface area (Å²) in [6, 6.07) is 4.40. The Morgan fingerprint density at radius 2 is 2.12 bits per heavy atom. The minimum Gasteiger partial charge on any atom is -0.381 e. The van der Waals surface area contributed by atoms with Crippen LogP contribution in [-0.4, -0.2) is 52.1 Å². The third kappa shape index (κ3) is 6.88. The Morgan fingerprint density at radius 3 is 2.80 bits per heavy atom. The van der Waals surface area contributed by atoms with Crippen molar-refractivity contribution in [3.05, 3.63) is 24.0 Å². The normalized spacial score (nSPS) is 14.6. The minimum absolute atomic E-state index is 0.345. The summed E-state index contributed by atoms with van der Waals surface area (Å²) in [7, 11) is 0. The van der Waals surface area contributed by atoms with Crippen molar-refractivity contribution in [2.24, 2.45) is 5.92 Å². The van der Waals surface area contributed by atoms with Gasteiger partial charge in [-0.3, -0.25) is 0 Å². The Kier molecular flexibility index (Phi) is 7.94. The van der Waals surface area contributed by atoms with Crippen molar-refractivity contribution in [2.75, 3.05) is 56.3 Å². The van der Waals surface area contributed by atoms with Gasteiger partial charge < -0.3 is 25.0 Å². The smallest absolute Gasteiger partial charge is 0.319 e. The average Bonchev–Trinajstić information content (AvgIpc) is 2.58. The van der Waals surface area contributed by atoms with Crippen molar-refractivity contribution >= 4 is 17.4 Å². The topological polar surface area (TPSA) is 62.8 Å². The molecular weight excluding hydrogens is 325 g/mol. The van der Waals surface area contributed by atoms with Gasteiger partial charge in [-0.05, 0) is 30.5 Å². The lowest BCUT2D eigenvalue weighted by Crippen LogP contribution is -2.36. The summed E-state index contributed by atoms with van der Waals surface area (Å²) in [5.74, 6) is 0.161. The van der Waals surface area contributed by atoms with E-state index < -0.39 is 0 Å². The fraction of sp³-hybridized carbons (Fsp3) is 0.611. The van der Waals surface area contributed by atoms with Gasteiger partial charge in [-0.25, -0.2) is 9.18 Å². The molecule has 6 nitrogen and oxygen atoms in total. The van der Waals surface area contributed by atoms with Gasteiger partial charge in [0.25, 0.3) is 0 Å². The second kappa shape index (κ2) is 10.2. The number of carbonyl (C=O) groups is 1. The average molecular weight is 353 g/mol. The molecule has 140 valence electrons. The van der Waals surface area contributed by atoms with Crippen LogP contribution in [-0.2, 0) is 9.47 Å². The van der Waals surface area contributed by atoms with Gasteiger partial charge in [-0.2, -0.15) is 0 Å². The Bertz CT molecular complexity index is 548. The summed E-state index contributed by atoms with van der Waals surface area (Å²) < 4.78 is 25.0. The van der Waals surface area contributed by atoms with E-state index in [-0.39, 0.29) is 11.8 Å². The molecule has 0 aromatic heterocycles. The lowest BCUT2D eigenvalue weighted by Gasteiger charge is -2.29. The van der Waals surface area contributed by atoms with Gasteiger partial charge in [0.1, 0.15) is 5.82 Å². The van der Waals surface area contributed by atoms with Gasteiger partial charge in [0.05, 0.1) is 18.9 Å². The van der Waals surface area contributed by atoms with Crippen molar-refractivity contribution < 1.29 is 18.7 Å². The predicted octanol–water partition coefficient (Wildman–Crippen LogP) is 2.85. The molecule has 25 heavy (non-hydrogen) atoms. The van der Waals surface area contributed by atoms with Crippen molar-refractivity contribution in [1.82, 2.24) is 5.32 Å². The number of rotatable bonds is 8. The van der Waals surface area contributed by atoms with E-state index in [4.69, 9.17) is 9.47 Å². The number of benzene rings is 1. The molecule has 1 saturated heterocycles. The van der Waals surface area contributed by atoms with Crippen LogP contribution in [0.3, 0.4) is 0 Å². The molecule has 0 spiro atoms. The number of hydrogen-bond acceptors (Lipinski definition) is 4. The van der Waals surface area contributed by atoms with Crippen LogP contribution >= 0.6 is 0 Å². The third-order valence-corrected chi connectivity index (χ3v) is 3.76. The van der Waals surface area contributed by atoms with E-state index in [2.05, 4.69) is 24.5 Å². The molecule has 2 N–H and O–H groups in total. The molecule has 1 aliphatic rings. The maximum atomic E-state index is 14.3. The van der Waals surface area contributed by atoms with Crippen LogP contribution in [0.5, 0.6) is 0 Å². The van der Waals surface area contributed by atoms with E-state index in [1.54, 1.807) is 12.1 Å². The summed E-state index contributed by atoms with van der Waals surface area (Å²) in [5.41, 5.74) is 0.972. The monoisotopic (exact) mass is 353 g/mol. The van der Waals surface area contributed by atoms with Gasteiger partial charge >= 0.3 is 6.03 Å². The van der Waals surface area contributed by atoms with Gasteiger partial charge in [-0.15, -0.1) is 0 Å². The Labute approximate surface area is 148 Å². The van der Waals surface area contributed by atoms with E-state index in [1.165, 1.54) is 6.07 Å². The van der Waals surface area contributed by atoms with Crippen LogP contribution in [0.2, 0.25) is 0 Å². The zero-order valence-electron chi connectivity index (χ0n) is 15.0. The second-order valence-electron chi connectivity index (χ2n) is 6.47. The van der Waals surface area contributed by atoms with Crippen LogP contribution in [0, 0.1) is 11.7 Å². The lowest BCUT2D eigenvalue weighted by atomic mass is 10.2. The molecule has 1 aromatic carbocycles. The number of morpholine rings is 1. The zero-order chi connectivity index (χ0) is 18.1. The van der Waals surface area contributed by atoms with Gasteiger partial charge in [-0.1, -0.05) is 13.8 Å². The van der Waals surface area contributed by atoms with E-state index in [0.29, 0.717) is 56.7 Å². The summed E-state index contributed by atoms with van der Waals surface area (Å²) in [5, 5.41) is 5.39. The van der Waals surface area contributed by atoms with Crippen LogP contribution in [0.25, 0.3) is 0 Å². The Balaban J connectivity index is 1.72. The summed E-state index contributed by atoms with van der Waals surface area (Å²) in [6.07, 6.45) is 0.741. The number of ether oxygens (including phenoxy) is 2. The molecular formula is C18H28FN3O3. The SMILES string of the molecule is CC(C)COCCCNC(=O)Nc1ccc(N2CCOCC2)c(F)c1. The minimum atomic E-state index is -0.346. The molecule has 1 aromatic rings. The number of nitrogens with one attached hydrogen (secondary N) is 2. The quantitative estimate of drug-likeness (QED) is 0.706. The number of amides is 2. The van der Waals surface area contributed by atoms with E-state index in [9.17, 15) is 9.18 Å². The fourth-order valence-corrected chi connectivity index (χ4v) is 2.52. The van der Waals surface area contributed by atoms with Crippen LogP contribution in [0.15, 0.2) is 18.2 Å². The number of hydrogen-bond donors (Lipinski definition) is 2. The van der Waals surface area contributed by atoms with Crippen LogP contribution in [0.1, 0.15) is 20.3 Å². The summed E-state index contributed by atoms with van der Waals surface area (Å²) in [4.78, 5) is 13.8. The first-order valence-electron chi connectivity index (χ1n) is 8.81. The second-order valence-corrected chi connectivity index (χ2v) is 6.47. The van der Waals surface area contributed by atoms with Crippen molar-refractivity contribution in [1.29, 1.82) is 0 Å². The standard InChI is InChI=1S/C18H28FN3O3/c1-14(2)13-25-9-3-6-20-18(23)21-15-4-5-17(16(19)12-15)22-7-10-24-11-8-22/h4-5,12,14H,3,6-11,13H2,1-2H3,(H2,20,21,23). The van der Waals surface area contributed by atoms with E-state index in [1.807, 2.05) is 4.90 Å². The molecule has 0 atom stereocenters. The van der Waals surface area contributed by atoms with Crippen LogP contribution in [0.4, 0.5) is 20.6 Å². The first-order valence-corrected chi connectivity index (χ1v) is 8.81. The molecule has 0 saturated carbocycles. The van der Waals surface area contributed by atoms with Crippen molar-refractivity contribution in [2.45, 2.75) is 20.3 Å². The molecule has 2 amide bonds. The first-order chi connectivity index (χ1) is 12.1. The maximum absolute atomic E-state index is 14.3. The van der Waals surface area contributed by atoms with Gasteiger partial charge in [0.15, 0.2) is 0 Å². The lowest BCUT2D eigenvalue weighted by molar-refractivity contribution is 0.108. The first kappa shape index (κ1) is 19.5. The highest BCUT2D eigenvalue weighted by atomic mass is 19.1. The number of anilines is 2. The molecule has 0 bridgehead atoms. The van der Waals surface area contributed by atoms with Gasteiger partial charge in [0, 0.05) is 38.5 Å². The predicted molar refractivity (Wildman–Crippen MR) is 96.7 cm³/mol. The molecule has 1 fully saturated rings. The third-order valence-electron chi connectivity index (χ3n) is 3.76. The van der Waals surface area contributed by atoms with Gasteiger partial charge in [0.2, 0.25) is 0 Å². The number of halogens is 1. The Hall–Kier alpha value is -1.86. The molecule has 0 unspecified atom stereocenters. The number of nitrogens with zero attached hydrogens (tertiary/aromatic N) is 1. The zero-order valence-corrected chi connectivity index (χ0v) is 15.0. The summed E-state index contributed by atoms with van der Waals surface area (Å²) in [6.45, 7) is 8.57.